The molecule has 0 heterocycles. The fourth-order valence-electron chi connectivity index (χ4n) is 0.789. The van der Waals surface area contributed by atoms with Crippen molar-refractivity contribution in [2.45, 2.75) is 11.4 Å². The zero-order chi connectivity index (χ0) is 8.97. The molecule has 0 radical (unpaired) electrons. The lowest BCUT2D eigenvalue weighted by Gasteiger charge is -1.96. The topological polar surface area (TPSA) is 0 Å². The summed E-state index contributed by atoms with van der Waals surface area (Å²) in [7, 11) is 0. The number of rotatable bonds is 2. The van der Waals surface area contributed by atoms with Crippen LogP contribution < -0.4 is 0 Å². The molecule has 3 heteroatoms. The van der Waals surface area contributed by atoms with Gasteiger partial charge >= 0.3 is 0 Å². The number of hydrogen-bond donors (Lipinski definition) is 0. The van der Waals surface area contributed by atoms with E-state index in [2.05, 4.69) is 4.01 Å². The molecule has 0 bridgehead atoms. The zero-order valence-electron chi connectivity index (χ0n) is 6.65. The predicted molar refractivity (Wildman–Crippen MR) is 55.8 cm³/mol. The van der Waals surface area contributed by atoms with Crippen LogP contribution in [0.1, 0.15) is 12.5 Å². The maximum Gasteiger partial charge on any atom is 0.159 e. The maximum absolute atomic E-state index is 12.6. The Morgan fingerprint density at radius 2 is 2.08 bits per heavy atom. The van der Waals surface area contributed by atoms with E-state index in [4.69, 9.17) is 0 Å². The van der Waals surface area contributed by atoms with Crippen LogP contribution in [0.5, 0.6) is 0 Å². The van der Waals surface area contributed by atoms with Crippen LogP contribution in [0.2, 0.25) is 0 Å². The van der Waals surface area contributed by atoms with Gasteiger partial charge in [0.25, 0.3) is 0 Å². The summed E-state index contributed by atoms with van der Waals surface area (Å²) < 4.78 is 28.1. The molecule has 0 spiro atoms. The number of hydrogen-bond acceptors (Lipinski definition) is 0. The van der Waals surface area contributed by atoms with Crippen LogP contribution >= 0.6 is 20.7 Å². The second kappa shape index (κ2) is 4.64. The van der Waals surface area contributed by atoms with E-state index in [1.807, 2.05) is 6.92 Å². The van der Waals surface area contributed by atoms with Crippen LogP contribution in [-0.2, 0) is 4.43 Å². The Bertz CT molecular complexity index is 295. The van der Waals surface area contributed by atoms with E-state index in [0.29, 0.717) is 0 Å². The third kappa shape index (κ3) is 2.62. The van der Waals surface area contributed by atoms with Crippen LogP contribution in [0.15, 0.2) is 18.2 Å². The number of halogens is 3. The minimum atomic E-state index is -0.766. The lowest BCUT2D eigenvalue weighted by molar-refractivity contribution is 0.507. The molecule has 66 valence electrons. The van der Waals surface area contributed by atoms with Gasteiger partial charge in [-0.15, -0.1) is 20.7 Å². The quantitative estimate of drug-likeness (QED) is 0.577. The van der Waals surface area contributed by atoms with Crippen LogP contribution in [0.25, 0.3) is 0 Å². The molecular weight excluding hydrogens is 273 g/mol. The molecule has 0 aliphatic rings. The summed E-state index contributed by atoms with van der Waals surface area (Å²) in [5.74, 6) is -1.51. The minimum Gasteiger partial charge on any atom is -0.204 e. The van der Waals surface area contributed by atoms with E-state index >= 15 is 0 Å². The average molecular weight is 282 g/mol. The Hall–Kier alpha value is -0.320. The van der Waals surface area contributed by atoms with Gasteiger partial charge in [0.1, 0.15) is 0 Å². The van der Waals surface area contributed by atoms with Gasteiger partial charge in [-0.2, -0.15) is 0 Å². The third-order valence-corrected chi connectivity index (χ3v) is 3.57. The lowest BCUT2D eigenvalue weighted by Crippen LogP contribution is -1.85. The number of benzene rings is 1. The monoisotopic (exact) mass is 282 g/mol. The van der Waals surface area contributed by atoms with E-state index in [1.54, 1.807) is 6.07 Å². The van der Waals surface area contributed by atoms with Gasteiger partial charge in [-0.1, -0.05) is 10.1 Å². The van der Waals surface area contributed by atoms with Gasteiger partial charge in [0.05, 0.1) is 0 Å². The zero-order valence-corrected chi connectivity index (χ0v) is 8.81. The molecule has 1 rings (SSSR count). The summed E-state index contributed by atoms with van der Waals surface area (Å²) in [6.07, 6.45) is 0. The molecule has 12 heavy (non-hydrogen) atoms. The Morgan fingerprint density at radius 1 is 1.33 bits per heavy atom. The van der Waals surface area contributed by atoms with Gasteiger partial charge in [-0.25, -0.2) is 8.78 Å². The first-order chi connectivity index (χ1) is 5.74. The van der Waals surface area contributed by atoms with Crippen LogP contribution in [0, 0.1) is 11.6 Å². The first-order valence-corrected chi connectivity index (χ1v) is 6.30. The molecule has 0 aromatic heterocycles. The normalized spacial score (nSPS) is 11.6. The fourth-order valence-corrected chi connectivity index (χ4v) is 2.21. The van der Waals surface area contributed by atoms with E-state index in [0.717, 1.165) is 9.99 Å². The second-order valence-corrected chi connectivity index (χ2v) is 5.14. The Morgan fingerprint density at radius 3 is 2.67 bits per heavy atom. The molecule has 1 aromatic rings. The van der Waals surface area contributed by atoms with Gasteiger partial charge in [0.2, 0.25) is 0 Å². The van der Waals surface area contributed by atoms with Crippen molar-refractivity contribution in [3.63, 3.8) is 0 Å². The highest BCUT2D eigenvalue weighted by Crippen LogP contribution is 2.13. The highest BCUT2D eigenvalue weighted by atomic mass is 127. The Labute approximate surface area is 80.4 Å². The molecule has 1 aromatic carbocycles. The fraction of sp³-hybridized carbons (Fsp3) is 0.222. The highest BCUT2D eigenvalue weighted by Gasteiger charge is 2.00. The molecule has 0 nitrogen and oxygen atoms in total. The van der Waals surface area contributed by atoms with Crippen molar-refractivity contribution in [1.82, 2.24) is 0 Å². The van der Waals surface area contributed by atoms with Gasteiger partial charge < -0.3 is 0 Å². The Kier molecular flexibility index (Phi) is 3.78. The number of alkyl halides is 1. The molecule has 0 saturated carbocycles. The largest absolute Gasteiger partial charge is 0.204 e. The third-order valence-electron chi connectivity index (χ3n) is 1.37. The maximum atomic E-state index is 12.6. The molecule has 0 fully saturated rings. The van der Waals surface area contributed by atoms with Crippen molar-refractivity contribution in [3.05, 3.63) is 35.4 Å². The van der Waals surface area contributed by atoms with Crippen molar-refractivity contribution >= 4 is 24.7 Å². The Balaban J connectivity index is 2.82. The summed E-state index contributed by atoms with van der Waals surface area (Å²) in [4.78, 5) is 0. The first-order valence-electron chi connectivity index (χ1n) is 3.53. The van der Waals surface area contributed by atoms with E-state index < -0.39 is 11.6 Å². The van der Waals surface area contributed by atoms with Crippen molar-refractivity contribution in [2.24, 2.45) is 0 Å². The molecule has 0 unspecified atom stereocenters. The second-order valence-electron chi connectivity index (χ2n) is 2.25. The molecule has 0 atom stereocenters. The summed E-state index contributed by atoms with van der Waals surface area (Å²) in [6.45, 7) is 1.99. The predicted octanol–water partition coefficient (Wildman–Crippen LogP) is 3.26. The summed E-state index contributed by atoms with van der Waals surface area (Å²) in [5.41, 5.74) is 0.889. The van der Waals surface area contributed by atoms with Crippen LogP contribution in [-0.4, -0.2) is 4.01 Å². The molecule has 0 aliphatic carbocycles. The van der Waals surface area contributed by atoms with E-state index in [1.165, 1.54) is 12.1 Å². The standard InChI is InChI=1S/C9H9F2I/c1-2-12-6-7-3-4-8(10)9(11)5-7/h2-5H,6H2,1H3. The summed E-state index contributed by atoms with van der Waals surface area (Å²) in [5, 5.41) is 0. The molecule has 0 saturated heterocycles. The lowest BCUT2D eigenvalue weighted by atomic mass is 10.2. The highest BCUT2D eigenvalue weighted by molar-refractivity contribution is 14.2. The SMILES string of the molecule is CC=ICc1ccc(F)c(F)c1. The van der Waals surface area contributed by atoms with Crippen molar-refractivity contribution in [3.8, 4) is 0 Å². The minimum absolute atomic E-state index is 0.0125. The van der Waals surface area contributed by atoms with Crippen LogP contribution in [0.4, 0.5) is 8.78 Å². The van der Waals surface area contributed by atoms with Gasteiger partial charge in [0.15, 0.2) is 11.6 Å². The van der Waals surface area contributed by atoms with Gasteiger partial charge in [0, 0.05) is 4.43 Å². The molecule has 0 amide bonds. The van der Waals surface area contributed by atoms with Crippen LogP contribution in [0.3, 0.4) is 0 Å². The average Bonchev–Trinajstić information content (AvgIpc) is 2.07. The molecule has 0 aliphatic heterocycles. The van der Waals surface area contributed by atoms with Crippen molar-refractivity contribution < 1.29 is 8.78 Å². The van der Waals surface area contributed by atoms with Crippen molar-refractivity contribution in [1.29, 1.82) is 0 Å². The van der Waals surface area contributed by atoms with Crippen molar-refractivity contribution in [2.75, 3.05) is 0 Å². The molecular formula is C9H9F2I. The first kappa shape index (κ1) is 9.77. The van der Waals surface area contributed by atoms with E-state index in [9.17, 15) is 8.78 Å². The summed E-state index contributed by atoms with van der Waals surface area (Å²) >= 11 is 0.0125. The van der Waals surface area contributed by atoms with Gasteiger partial charge in [-0.3, -0.25) is 0 Å². The molecule has 0 N–H and O–H groups in total. The smallest absolute Gasteiger partial charge is 0.159 e. The summed E-state index contributed by atoms with van der Waals surface area (Å²) in [6, 6.07) is 4.10. The van der Waals surface area contributed by atoms with Gasteiger partial charge in [-0.05, 0) is 24.6 Å². The van der Waals surface area contributed by atoms with E-state index in [-0.39, 0.29) is 20.7 Å².